The van der Waals surface area contributed by atoms with Gasteiger partial charge in [-0.05, 0) is 101 Å². The van der Waals surface area contributed by atoms with Crippen LogP contribution in [0.5, 0.6) is 0 Å². The summed E-state index contributed by atoms with van der Waals surface area (Å²) in [5, 5.41) is 15.4. The fraction of sp³-hybridized carbons (Fsp3) is 0. The molecule has 1 heterocycles. The van der Waals surface area contributed by atoms with Gasteiger partial charge in [0, 0.05) is 17.6 Å². The summed E-state index contributed by atoms with van der Waals surface area (Å²) in [4.78, 5) is 7.11. The van der Waals surface area contributed by atoms with Crippen molar-refractivity contribution >= 4 is 81.8 Å². The van der Waals surface area contributed by atoms with Gasteiger partial charge in [0.15, 0.2) is 0 Å². The molecule has 0 aliphatic rings. The minimum atomic E-state index is 0.901. The Balaban J connectivity index is 1.34. The van der Waals surface area contributed by atoms with Gasteiger partial charge < -0.3 is 0 Å². The number of rotatable bonds is 3. The van der Waals surface area contributed by atoms with Crippen molar-refractivity contribution in [2.45, 2.75) is 0 Å². The zero-order valence-corrected chi connectivity index (χ0v) is 21.1. The number of hydrogen-bond acceptors (Lipinski definition) is 2. The Kier molecular flexibility index (Phi) is 4.08. The smallest absolute Gasteiger partial charge is 0.137 e. The first kappa shape index (κ1) is 20.8. The van der Waals surface area contributed by atoms with Gasteiger partial charge in [0.05, 0.1) is 0 Å². The van der Waals surface area contributed by atoms with Crippen molar-refractivity contribution < 1.29 is 0 Å². The maximum atomic E-state index is 4.82. The minimum Gasteiger partial charge on any atom is -0.295 e. The van der Waals surface area contributed by atoms with Gasteiger partial charge in [0.2, 0.25) is 0 Å². The van der Waals surface area contributed by atoms with Crippen molar-refractivity contribution in [2.75, 3.05) is 4.90 Å². The Bertz CT molecular complexity index is 2060. The summed E-state index contributed by atoms with van der Waals surface area (Å²) >= 11 is 0. The number of pyridine rings is 1. The van der Waals surface area contributed by atoms with Gasteiger partial charge in [-0.25, -0.2) is 4.98 Å². The molecule has 1 aromatic heterocycles. The molecule has 0 spiro atoms. The van der Waals surface area contributed by atoms with Crippen LogP contribution >= 0.6 is 0 Å². The van der Waals surface area contributed by atoms with Crippen molar-refractivity contribution in [1.29, 1.82) is 0 Å². The number of aromatic nitrogens is 1. The fourth-order valence-electron chi connectivity index (χ4n) is 6.63. The van der Waals surface area contributed by atoms with Crippen LogP contribution in [-0.2, 0) is 0 Å². The summed E-state index contributed by atoms with van der Waals surface area (Å²) in [6, 6.07) is 46.5. The van der Waals surface area contributed by atoms with Crippen molar-refractivity contribution in [3.8, 4) is 0 Å². The molecule has 0 bridgehead atoms. The highest BCUT2D eigenvalue weighted by Gasteiger charge is 2.19. The lowest BCUT2D eigenvalue weighted by Gasteiger charge is -2.26. The molecule has 0 N–H and O–H groups in total. The summed E-state index contributed by atoms with van der Waals surface area (Å²) in [7, 11) is 0. The van der Waals surface area contributed by atoms with Gasteiger partial charge in [0.1, 0.15) is 5.82 Å². The SMILES string of the molecule is c1ccc(N(c2cc3ccc4cccc5ccc(c2)c3c45)c2cc3ccc4cccc5ccc(c2)c3c45)nc1. The van der Waals surface area contributed by atoms with E-state index in [1.54, 1.807) is 0 Å². The Morgan fingerprint density at radius 3 is 1.13 bits per heavy atom. The Labute approximate surface area is 225 Å². The van der Waals surface area contributed by atoms with Crippen LogP contribution in [0.4, 0.5) is 17.2 Å². The highest BCUT2D eigenvalue weighted by atomic mass is 15.2. The maximum absolute atomic E-state index is 4.82. The average molecular weight is 495 g/mol. The zero-order chi connectivity index (χ0) is 25.5. The maximum Gasteiger partial charge on any atom is 0.137 e. The standard InChI is InChI=1S/C37H22N2/c1-2-18-38-33(9-1)39(31-19-27-14-10-23-5-3-6-24-11-15-28(20-31)36(27)34(23)24)32-21-29-16-12-25-7-4-8-26-13-17-30(22-32)37(29)35(25)26/h1-22H. The van der Waals surface area contributed by atoms with E-state index in [-0.39, 0.29) is 0 Å². The molecular weight excluding hydrogens is 472 g/mol. The van der Waals surface area contributed by atoms with Gasteiger partial charge in [-0.1, -0.05) is 91.0 Å². The number of hydrogen-bond donors (Lipinski definition) is 0. The second-order valence-corrected chi connectivity index (χ2v) is 10.5. The Morgan fingerprint density at radius 1 is 0.359 bits per heavy atom. The van der Waals surface area contributed by atoms with E-state index in [1.165, 1.54) is 64.6 Å². The highest BCUT2D eigenvalue weighted by Crippen LogP contribution is 2.43. The topological polar surface area (TPSA) is 16.1 Å². The van der Waals surface area contributed by atoms with E-state index in [2.05, 4.69) is 126 Å². The van der Waals surface area contributed by atoms with Crippen LogP contribution in [0.15, 0.2) is 134 Å². The quantitative estimate of drug-likeness (QED) is 0.227. The molecule has 2 nitrogen and oxygen atoms in total. The molecule has 0 saturated heterocycles. The van der Waals surface area contributed by atoms with Crippen molar-refractivity contribution in [2.24, 2.45) is 0 Å². The molecule has 0 radical (unpaired) electrons. The average Bonchev–Trinajstić information content (AvgIpc) is 2.99. The molecule has 180 valence electrons. The van der Waals surface area contributed by atoms with E-state index in [0.717, 1.165) is 17.2 Å². The summed E-state index contributed by atoms with van der Waals surface area (Å²) < 4.78 is 0. The first-order valence-corrected chi connectivity index (χ1v) is 13.4. The van der Waals surface area contributed by atoms with E-state index < -0.39 is 0 Å². The van der Waals surface area contributed by atoms with E-state index in [1.807, 2.05) is 12.3 Å². The largest absolute Gasteiger partial charge is 0.295 e. The van der Waals surface area contributed by atoms with Crippen LogP contribution in [0.1, 0.15) is 0 Å². The van der Waals surface area contributed by atoms with Crippen LogP contribution in [-0.4, -0.2) is 4.98 Å². The van der Waals surface area contributed by atoms with E-state index in [9.17, 15) is 0 Å². The first-order chi connectivity index (χ1) is 19.3. The Morgan fingerprint density at radius 2 is 0.744 bits per heavy atom. The van der Waals surface area contributed by atoms with Gasteiger partial charge in [-0.15, -0.1) is 0 Å². The molecule has 8 aromatic carbocycles. The number of anilines is 3. The molecule has 9 rings (SSSR count). The molecular formula is C37H22N2. The predicted molar refractivity (Wildman–Crippen MR) is 166 cm³/mol. The molecule has 0 unspecified atom stereocenters. The lowest BCUT2D eigenvalue weighted by molar-refractivity contribution is 1.19. The molecule has 0 saturated carbocycles. The molecule has 0 aliphatic carbocycles. The van der Waals surface area contributed by atoms with E-state index >= 15 is 0 Å². The molecule has 0 atom stereocenters. The number of nitrogens with zero attached hydrogens (tertiary/aromatic N) is 2. The molecule has 0 amide bonds. The summed E-state index contributed by atoms with van der Waals surface area (Å²) in [5.74, 6) is 0.901. The zero-order valence-electron chi connectivity index (χ0n) is 21.1. The van der Waals surface area contributed by atoms with Gasteiger partial charge >= 0.3 is 0 Å². The molecule has 9 aromatic rings. The highest BCUT2D eigenvalue weighted by molar-refractivity contribution is 6.25. The summed E-state index contributed by atoms with van der Waals surface area (Å²) in [5.41, 5.74) is 2.21. The van der Waals surface area contributed by atoms with Crippen molar-refractivity contribution in [1.82, 2.24) is 4.98 Å². The fourth-order valence-corrected chi connectivity index (χ4v) is 6.63. The van der Waals surface area contributed by atoms with Crippen LogP contribution < -0.4 is 4.90 Å². The lowest BCUT2D eigenvalue weighted by Crippen LogP contribution is -2.11. The van der Waals surface area contributed by atoms with Crippen LogP contribution in [0.3, 0.4) is 0 Å². The third kappa shape index (κ3) is 2.94. The third-order valence-corrected chi connectivity index (χ3v) is 8.29. The van der Waals surface area contributed by atoms with Crippen molar-refractivity contribution in [3.63, 3.8) is 0 Å². The first-order valence-electron chi connectivity index (χ1n) is 13.4. The van der Waals surface area contributed by atoms with E-state index in [4.69, 9.17) is 4.98 Å². The molecule has 0 fully saturated rings. The molecule has 2 heteroatoms. The molecule has 39 heavy (non-hydrogen) atoms. The Hall–Kier alpha value is -5.21. The van der Waals surface area contributed by atoms with Gasteiger partial charge in [-0.3, -0.25) is 4.90 Å². The number of benzene rings is 8. The van der Waals surface area contributed by atoms with Crippen LogP contribution in [0.25, 0.3) is 64.6 Å². The van der Waals surface area contributed by atoms with Crippen LogP contribution in [0.2, 0.25) is 0 Å². The predicted octanol–water partition coefficient (Wildman–Crippen LogP) is 10.3. The summed E-state index contributed by atoms with van der Waals surface area (Å²) in [6.45, 7) is 0. The van der Waals surface area contributed by atoms with Crippen molar-refractivity contribution in [3.05, 3.63) is 134 Å². The molecule has 0 aliphatic heterocycles. The second kappa shape index (κ2) is 7.66. The normalized spacial score (nSPS) is 12.1. The van der Waals surface area contributed by atoms with Gasteiger partial charge in [-0.2, -0.15) is 0 Å². The lowest BCUT2D eigenvalue weighted by atomic mass is 9.93. The monoisotopic (exact) mass is 494 g/mol. The van der Waals surface area contributed by atoms with Gasteiger partial charge in [0.25, 0.3) is 0 Å². The minimum absolute atomic E-state index is 0.901. The summed E-state index contributed by atoms with van der Waals surface area (Å²) in [6.07, 6.45) is 1.87. The second-order valence-electron chi connectivity index (χ2n) is 10.5. The van der Waals surface area contributed by atoms with E-state index in [0.29, 0.717) is 0 Å². The van der Waals surface area contributed by atoms with Crippen LogP contribution in [0, 0.1) is 0 Å². The third-order valence-electron chi connectivity index (χ3n) is 8.29.